The molecule has 0 aliphatic carbocycles. The Morgan fingerprint density at radius 3 is 2.36 bits per heavy atom. The Morgan fingerprint density at radius 1 is 0.929 bits per heavy atom. The van der Waals surface area contributed by atoms with Gasteiger partial charge in [-0.3, -0.25) is 4.79 Å². The fourth-order valence-electron chi connectivity index (χ4n) is 3.71. The number of carbonyl (C=O) groups is 1. The molecule has 0 N–H and O–H groups in total. The van der Waals surface area contributed by atoms with Crippen LogP contribution in [0.2, 0.25) is 0 Å². The number of halogens is 1. The number of rotatable bonds is 3. The average molecular weight is 430 g/mol. The van der Waals surface area contributed by atoms with E-state index in [0.717, 1.165) is 37.6 Å². The van der Waals surface area contributed by atoms with Gasteiger partial charge in [0.2, 0.25) is 0 Å². The normalized spacial score (nSPS) is 12.6. The number of para-hydroxylation sites is 2. The molecule has 28 heavy (non-hydrogen) atoms. The Bertz CT molecular complexity index is 1360. The second-order valence-corrected chi connectivity index (χ2v) is 7.74. The molecule has 5 aromatic rings. The van der Waals surface area contributed by atoms with E-state index in [4.69, 9.17) is 9.97 Å². The fraction of sp³-hybridized carbons (Fsp3) is 0.0870. The third kappa shape index (κ3) is 2.62. The maximum absolute atomic E-state index is 13.2. The molecular formula is C23H16BrN3O. The van der Waals surface area contributed by atoms with Gasteiger partial charge in [-0.05, 0) is 37.3 Å². The molecule has 0 fully saturated rings. The molecule has 0 aliphatic heterocycles. The summed E-state index contributed by atoms with van der Waals surface area (Å²) in [6, 6.07) is 22.8. The van der Waals surface area contributed by atoms with Crippen molar-refractivity contribution in [3.8, 4) is 0 Å². The topological polar surface area (TPSA) is 47.8 Å². The van der Waals surface area contributed by atoms with E-state index in [0.29, 0.717) is 5.56 Å². The lowest BCUT2D eigenvalue weighted by molar-refractivity contribution is 0.0939. The largest absolute Gasteiger partial charge is 0.313 e. The highest BCUT2D eigenvalue weighted by Gasteiger charge is 2.23. The molecule has 5 rings (SSSR count). The summed E-state index contributed by atoms with van der Waals surface area (Å²) in [4.78, 5) is 22.9. The Balaban J connectivity index is 1.83. The first-order valence-electron chi connectivity index (χ1n) is 9.09. The minimum absolute atomic E-state index is 0.0530. The lowest BCUT2D eigenvalue weighted by atomic mass is 10.1. The minimum atomic E-state index is -0.404. The van der Waals surface area contributed by atoms with Crippen molar-refractivity contribution in [3.05, 3.63) is 82.8 Å². The molecule has 0 saturated carbocycles. The first-order valence-corrected chi connectivity index (χ1v) is 9.88. The molecule has 0 aliphatic rings. The molecular weight excluding hydrogens is 414 g/mol. The molecule has 4 nitrogen and oxygen atoms in total. The first-order chi connectivity index (χ1) is 13.6. The summed E-state index contributed by atoms with van der Waals surface area (Å²) in [6.45, 7) is 1.92. The lowest BCUT2D eigenvalue weighted by Crippen LogP contribution is -2.17. The van der Waals surface area contributed by atoms with Gasteiger partial charge in [0.25, 0.3) is 0 Å². The van der Waals surface area contributed by atoms with Crippen LogP contribution in [0, 0.1) is 0 Å². The molecule has 2 heterocycles. The van der Waals surface area contributed by atoms with E-state index >= 15 is 0 Å². The highest BCUT2D eigenvalue weighted by atomic mass is 79.9. The van der Waals surface area contributed by atoms with Crippen LogP contribution >= 0.6 is 15.9 Å². The van der Waals surface area contributed by atoms with Crippen LogP contribution in [0.1, 0.15) is 23.3 Å². The van der Waals surface area contributed by atoms with Crippen LogP contribution in [-0.4, -0.2) is 20.3 Å². The van der Waals surface area contributed by atoms with Gasteiger partial charge in [-0.2, -0.15) is 0 Å². The number of hydrogen-bond donors (Lipinski definition) is 0. The maximum atomic E-state index is 13.2. The summed E-state index contributed by atoms with van der Waals surface area (Å²) >= 11 is 3.56. The highest BCUT2D eigenvalue weighted by Crippen LogP contribution is 2.33. The van der Waals surface area contributed by atoms with Crippen molar-refractivity contribution in [2.75, 3.05) is 0 Å². The summed E-state index contributed by atoms with van der Waals surface area (Å²) < 4.78 is 2.97. The van der Waals surface area contributed by atoms with E-state index in [-0.39, 0.29) is 5.78 Å². The Morgan fingerprint density at radius 2 is 1.61 bits per heavy atom. The standard InChI is InChI=1S/C23H16BrN3O/c1-14(22(28)15-7-3-2-4-8-15)27-20-12-11-16(24)13-17(20)21-23(27)26-19-10-6-5-9-18(19)25-21/h2-14H,1H3/t14-/m0/s1. The maximum Gasteiger partial charge on any atom is 0.185 e. The number of aromatic nitrogens is 3. The van der Waals surface area contributed by atoms with Crippen LogP contribution < -0.4 is 0 Å². The van der Waals surface area contributed by atoms with Gasteiger partial charge >= 0.3 is 0 Å². The Labute approximate surface area is 170 Å². The number of nitrogens with zero attached hydrogens (tertiary/aromatic N) is 3. The Hall–Kier alpha value is -3.05. The number of fused-ring (bicyclic) bond motifs is 4. The minimum Gasteiger partial charge on any atom is -0.313 e. The molecule has 136 valence electrons. The number of Topliss-reactive ketones (excluding diaryl/α,β-unsaturated/α-hetero) is 1. The van der Waals surface area contributed by atoms with Crippen LogP contribution in [0.15, 0.2) is 77.3 Å². The second kappa shape index (κ2) is 6.53. The SMILES string of the molecule is C[C@@H](C(=O)c1ccccc1)n1c2ccc(Br)cc2c2nc3ccccc3nc21. The van der Waals surface area contributed by atoms with E-state index < -0.39 is 6.04 Å². The molecule has 2 aromatic heterocycles. The zero-order valence-corrected chi connectivity index (χ0v) is 16.7. The average Bonchev–Trinajstić information content (AvgIpc) is 3.04. The first kappa shape index (κ1) is 17.1. The van der Waals surface area contributed by atoms with Crippen molar-refractivity contribution >= 4 is 54.8 Å². The molecule has 1 atom stereocenters. The molecule has 3 aromatic carbocycles. The summed E-state index contributed by atoms with van der Waals surface area (Å²) in [5.74, 6) is 0.0530. The quantitative estimate of drug-likeness (QED) is 0.333. The van der Waals surface area contributed by atoms with Crippen LogP contribution in [0.3, 0.4) is 0 Å². The van der Waals surface area contributed by atoms with Gasteiger partial charge in [-0.1, -0.05) is 58.4 Å². The van der Waals surface area contributed by atoms with Crippen LogP contribution in [-0.2, 0) is 0 Å². The van der Waals surface area contributed by atoms with Gasteiger partial charge in [-0.15, -0.1) is 0 Å². The van der Waals surface area contributed by atoms with Crippen LogP contribution in [0.5, 0.6) is 0 Å². The fourth-order valence-corrected chi connectivity index (χ4v) is 4.08. The van der Waals surface area contributed by atoms with Crippen molar-refractivity contribution in [2.45, 2.75) is 13.0 Å². The van der Waals surface area contributed by atoms with Crippen molar-refractivity contribution in [1.29, 1.82) is 0 Å². The van der Waals surface area contributed by atoms with Gasteiger partial charge in [-0.25, -0.2) is 9.97 Å². The van der Waals surface area contributed by atoms with E-state index in [1.165, 1.54) is 0 Å². The van der Waals surface area contributed by atoms with E-state index in [1.54, 1.807) is 0 Å². The predicted molar refractivity (Wildman–Crippen MR) is 116 cm³/mol. The van der Waals surface area contributed by atoms with Crippen molar-refractivity contribution in [1.82, 2.24) is 14.5 Å². The van der Waals surface area contributed by atoms with Gasteiger partial charge in [0.1, 0.15) is 5.52 Å². The monoisotopic (exact) mass is 429 g/mol. The number of hydrogen-bond acceptors (Lipinski definition) is 3. The second-order valence-electron chi connectivity index (χ2n) is 6.82. The van der Waals surface area contributed by atoms with Gasteiger partial charge in [0.05, 0.1) is 22.6 Å². The van der Waals surface area contributed by atoms with Gasteiger partial charge < -0.3 is 4.57 Å². The zero-order chi connectivity index (χ0) is 19.3. The summed E-state index contributed by atoms with van der Waals surface area (Å²) in [5.41, 5.74) is 4.83. The predicted octanol–water partition coefficient (Wildman–Crippen LogP) is 5.94. The third-order valence-electron chi connectivity index (χ3n) is 5.08. The Kier molecular flexibility index (Phi) is 3.98. The summed E-state index contributed by atoms with van der Waals surface area (Å²) in [5, 5.41) is 0.982. The van der Waals surface area contributed by atoms with E-state index in [9.17, 15) is 4.79 Å². The molecule has 0 saturated heterocycles. The van der Waals surface area contributed by atoms with Crippen molar-refractivity contribution in [2.24, 2.45) is 0 Å². The summed E-state index contributed by atoms with van der Waals surface area (Å²) in [6.07, 6.45) is 0. The van der Waals surface area contributed by atoms with Crippen LogP contribution in [0.4, 0.5) is 0 Å². The van der Waals surface area contributed by atoms with Gasteiger partial charge in [0, 0.05) is 15.4 Å². The smallest absolute Gasteiger partial charge is 0.185 e. The molecule has 0 radical (unpaired) electrons. The van der Waals surface area contributed by atoms with Crippen molar-refractivity contribution in [3.63, 3.8) is 0 Å². The molecule has 0 bridgehead atoms. The van der Waals surface area contributed by atoms with Crippen LogP contribution in [0.25, 0.3) is 33.1 Å². The molecule has 0 amide bonds. The lowest BCUT2D eigenvalue weighted by Gasteiger charge is -2.15. The van der Waals surface area contributed by atoms with Gasteiger partial charge in [0.15, 0.2) is 11.4 Å². The molecule has 5 heteroatoms. The number of ketones is 1. The number of benzene rings is 3. The molecule has 0 unspecified atom stereocenters. The van der Waals surface area contributed by atoms with Crippen molar-refractivity contribution < 1.29 is 4.79 Å². The highest BCUT2D eigenvalue weighted by molar-refractivity contribution is 9.10. The summed E-state index contributed by atoms with van der Waals surface area (Å²) in [7, 11) is 0. The zero-order valence-electron chi connectivity index (χ0n) is 15.1. The third-order valence-corrected chi connectivity index (χ3v) is 5.57. The van der Waals surface area contributed by atoms with E-state index in [2.05, 4.69) is 15.9 Å². The molecule has 0 spiro atoms. The number of carbonyl (C=O) groups excluding carboxylic acids is 1. The van der Waals surface area contributed by atoms with E-state index in [1.807, 2.05) is 84.3 Å².